The molecule has 2 atom stereocenters. The zero-order valence-corrected chi connectivity index (χ0v) is 14.7. The van der Waals surface area contributed by atoms with Crippen LogP contribution in [0.25, 0.3) is 0 Å². The third kappa shape index (κ3) is 4.48. The van der Waals surface area contributed by atoms with Gasteiger partial charge in [-0.1, -0.05) is 12.8 Å². The van der Waals surface area contributed by atoms with Gasteiger partial charge in [0.1, 0.15) is 11.9 Å². The van der Waals surface area contributed by atoms with Crippen LogP contribution in [-0.4, -0.2) is 28.5 Å². The zero-order valence-electron chi connectivity index (χ0n) is 13.9. The number of rotatable bonds is 6. The Morgan fingerprint density at radius 3 is 3.04 bits per heavy atom. The number of carbonyl (C=O) groups excluding carboxylic acids is 1. The Kier molecular flexibility index (Phi) is 6.10. The lowest BCUT2D eigenvalue weighted by Gasteiger charge is -2.31. The molecule has 0 spiro atoms. The van der Waals surface area contributed by atoms with Crippen molar-refractivity contribution in [3.8, 4) is 0 Å². The van der Waals surface area contributed by atoms with Crippen molar-refractivity contribution in [2.24, 2.45) is 0 Å². The topological polar surface area (TPSA) is 53.7 Å². The second kappa shape index (κ2) is 8.49. The smallest absolute Gasteiger partial charge is 0.223 e. The molecule has 0 bridgehead atoms. The van der Waals surface area contributed by atoms with Gasteiger partial charge in [0.15, 0.2) is 0 Å². The van der Waals surface area contributed by atoms with E-state index in [1.165, 1.54) is 5.56 Å². The van der Waals surface area contributed by atoms with Crippen LogP contribution in [0.5, 0.6) is 0 Å². The van der Waals surface area contributed by atoms with Crippen molar-refractivity contribution in [1.29, 1.82) is 0 Å². The molecule has 2 aromatic rings. The molecule has 1 amide bonds. The molecule has 4 nitrogen and oxygen atoms in total. The molecule has 0 aliphatic carbocycles. The summed E-state index contributed by atoms with van der Waals surface area (Å²) in [7, 11) is 0. The van der Waals surface area contributed by atoms with E-state index in [0.717, 1.165) is 38.6 Å². The van der Waals surface area contributed by atoms with Crippen molar-refractivity contribution in [2.45, 2.75) is 57.1 Å². The van der Waals surface area contributed by atoms with Gasteiger partial charge in [0.2, 0.25) is 5.91 Å². The summed E-state index contributed by atoms with van der Waals surface area (Å²) in [6.07, 6.45) is 7.12. The van der Waals surface area contributed by atoms with Crippen LogP contribution < -0.4 is 0 Å². The van der Waals surface area contributed by atoms with Crippen LogP contribution in [0.3, 0.4) is 0 Å². The Labute approximate surface area is 147 Å². The fourth-order valence-electron chi connectivity index (χ4n) is 3.44. The molecule has 1 aliphatic heterocycles. The molecule has 0 saturated carbocycles. The predicted octanol–water partition coefficient (Wildman–Crippen LogP) is 4.17. The maximum absolute atomic E-state index is 12.7. The molecular formula is C19H25NO3S. The average molecular weight is 347 g/mol. The first-order valence-corrected chi connectivity index (χ1v) is 9.70. The number of furan rings is 1. The van der Waals surface area contributed by atoms with Crippen LogP contribution in [-0.2, 0) is 11.2 Å². The number of aryl methyl sites for hydroxylation is 1. The number of hydrogen-bond acceptors (Lipinski definition) is 4. The molecule has 1 fully saturated rings. The van der Waals surface area contributed by atoms with E-state index in [4.69, 9.17) is 4.42 Å². The van der Waals surface area contributed by atoms with E-state index < -0.39 is 6.10 Å². The SMILES string of the molecule is O=C(CCc1ccsc1)N1CCCCC[C@H]1C[C@H](O)c1ccco1. The monoisotopic (exact) mass is 347 g/mol. The largest absolute Gasteiger partial charge is 0.467 e. The summed E-state index contributed by atoms with van der Waals surface area (Å²) in [5.41, 5.74) is 1.23. The lowest BCUT2D eigenvalue weighted by Crippen LogP contribution is -2.41. The van der Waals surface area contributed by atoms with E-state index in [-0.39, 0.29) is 11.9 Å². The molecule has 2 aromatic heterocycles. The van der Waals surface area contributed by atoms with E-state index >= 15 is 0 Å². The van der Waals surface area contributed by atoms with Crippen LogP contribution in [0.15, 0.2) is 39.6 Å². The van der Waals surface area contributed by atoms with Crippen LogP contribution in [0.2, 0.25) is 0 Å². The van der Waals surface area contributed by atoms with E-state index in [2.05, 4.69) is 11.4 Å². The molecule has 0 aromatic carbocycles. The quantitative estimate of drug-likeness (QED) is 0.853. The van der Waals surface area contributed by atoms with Gasteiger partial charge in [-0.05, 0) is 53.8 Å². The van der Waals surface area contributed by atoms with E-state index in [1.54, 1.807) is 29.7 Å². The maximum Gasteiger partial charge on any atom is 0.223 e. The van der Waals surface area contributed by atoms with Crippen molar-refractivity contribution < 1.29 is 14.3 Å². The van der Waals surface area contributed by atoms with Crippen molar-refractivity contribution in [1.82, 2.24) is 4.90 Å². The van der Waals surface area contributed by atoms with E-state index in [9.17, 15) is 9.90 Å². The number of nitrogens with zero attached hydrogens (tertiary/aromatic N) is 1. The van der Waals surface area contributed by atoms with Crippen LogP contribution in [0, 0.1) is 0 Å². The highest BCUT2D eigenvalue weighted by Gasteiger charge is 2.28. The Hall–Kier alpha value is -1.59. The van der Waals surface area contributed by atoms with Gasteiger partial charge >= 0.3 is 0 Å². The molecule has 3 heterocycles. The van der Waals surface area contributed by atoms with Crippen molar-refractivity contribution in [2.75, 3.05) is 6.54 Å². The van der Waals surface area contributed by atoms with Crippen molar-refractivity contribution >= 4 is 17.2 Å². The first kappa shape index (κ1) is 17.2. The molecule has 0 radical (unpaired) electrons. The summed E-state index contributed by atoms with van der Waals surface area (Å²) in [4.78, 5) is 14.8. The summed E-state index contributed by atoms with van der Waals surface area (Å²) >= 11 is 1.67. The number of aliphatic hydroxyl groups is 1. The predicted molar refractivity (Wildman–Crippen MR) is 94.9 cm³/mol. The van der Waals surface area contributed by atoms with Gasteiger partial charge in [0, 0.05) is 25.4 Å². The lowest BCUT2D eigenvalue weighted by molar-refractivity contribution is -0.134. The Balaban J connectivity index is 1.61. The summed E-state index contributed by atoms with van der Waals surface area (Å²) in [5, 5.41) is 14.6. The lowest BCUT2D eigenvalue weighted by atomic mass is 10.0. The fraction of sp³-hybridized carbons (Fsp3) is 0.526. The van der Waals surface area contributed by atoms with Crippen LogP contribution in [0.4, 0.5) is 0 Å². The number of aliphatic hydroxyl groups excluding tert-OH is 1. The fourth-order valence-corrected chi connectivity index (χ4v) is 4.14. The molecule has 1 aliphatic rings. The maximum atomic E-state index is 12.7. The molecule has 130 valence electrons. The number of carbonyl (C=O) groups is 1. The Morgan fingerprint density at radius 2 is 2.29 bits per heavy atom. The minimum Gasteiger partial charge on any atom is -0.467 e. The van der Waals surface area contributed by atoms with Gasteiger partial charge in [0.25, 0.3) is 0 Å². The average Bonchev–Trinajstić information content (AvgIpc) is 3.24. The van der Waals surface area contributed by atoms with Gasteiger partial charge in [-0.15, -0.1) is 0 Å². The van der Waals surface area contributed by atoms with Gasteiger partial charge in [0.05, 0.1) is 6.26 Å². The van der Waals surface area contributed by atoms with E-state index in [0.29, 0.717) is 18.6 Å². The number of likely N-dealkylation sites (tertiary alicyclic amines) is 1. The number of amides is 1. The first-order chi connectivity index (χ1) is 11.7. The molecule has 0 unspecified atom stereocenters. The van der Waals surface area contributed by atoms with E-state index in [1.807, 2.05) is 10.3 Å². The third-order valence-corrected chi connectivity index (χ3v) is 5.50. The van der Waals surface area contributed by atoms with Crippen molar-refractivity contribution in [3.05, 3.63) is 46.5 Å². The Bertz CT molecular complexity index is 609. The summed E-state index contributed by atoms with van der Waals surface area (Å²) in [6.45, 7) is 0.804. The minimum atomic E-state index is -0.643. The second-order valence-electron chi connectivity index (χ2n) is 6.49. The molecule has 5 heteroatoms. The van der Waals surface area contributed by atoms with Crippen LogP contribution >= 0.6 is 11.3 Å². The molecule has 1 saturated heterocycles. The summed E-state index contributed by atoms with van der Waals surface area (Å²) < 4.78 is 5.31. The number of hydrogen-bond donors (Lipinski definition) is 1. The highest BCUT2D eigenvalue weighted by atomic mass is 32.1. The van der Waals surface area contributed by atoms with Gasteiger partial charge in [-0.2, -0.15) is 11.3 Å². The van der Waals surface area contributed by atoms with Crippen molar-refractivity contribution in [3.63, 3.8) is 0 Å². The van der Waals surface area contributed by atoms with Gasteiger partial charge in [-0.25, -0.2) is 0 Å². The minimum absolute atomic E-state index is 0.0996. The molecule has 1 N–H and O–H groups in total. The van der Waals surface area contributed by atoms with Gasteiger partial charge < -0.3 is 14.4 Å². The Morgan fingerprint density at radius 1 is 1.38 bits per heavy atom. The summed E-state index contributed by atoms with van der Waals surface area (Å²) in [5.74, 6) is 0.796. The first-order valence-electron chi connectivity index (χ1n) is 8.76. The van der Waals surface area contributed by atoms with Gasteiger partial charge in [-0.3, -0.25) is 4.79 Å². The highest BCUT2D eigenvalue weighted by molar-refractivity contribution is 7.07. The standard InChI is InChI=1S/C19H25NO3S/c21-17(18-6-4-11-23-18)13-16-5-2-1-3-10-20(16)19(22)8-7-15-9-12-24-14-15/h4,6,9,11-12,14,16-17,21H,1-3,5,7-8,10,13H2/t16-,17-/m0/s1. The summed E-state index contributed by atoms with van der Waals surface area (Å²) in [6, 6.07) is 5.76. The second-order valence-corrected chi connectivity index (χ2v) is 7.27. The number of thiophene rings is 1. The molecule has 3 rings (SSSR count). The molecular weight excluding hydrogens is 322 g/mol. The molecule has 24 heavy (non-hydrogen) atoms. The normalized spacial score (nSPS) is 19.9. The van der Waals surface area contributed by atoms with Crippen LogP contribution in [0.1, 0.15) is 56.0 Å². The third-order valence-electron chi connectivity index (χ3n) is 4.77. The zero-order chi connectivity index (χ0) is 16.8. The highest BCUT2D eigenvalue weighted by Crippen LogP contribution is 2.27.